The van der Waals surface area contributed by atoms with Gasteiger partial charge in [0.15, 0.2) is 0 Å². The highest BCUT2D eigenvalue weighted by molar-refractivity contribution is 5.71. The topological polar surface area (TPSA) is 29.5 Å². The highest BCUT2D eigenvalue weighted by atomic mass is 16.6. The lowest BCUT2D eigenvalue weighted by atomic mass is 10.2. The number of hydrogen-bond donors (Lipinski definition) is 0. The first-order valence-corrected chi connectivity index (χ1v) is 6.27. The third-order valence-corrected chi connectivity index (χ3v) is 2.45. The second-order valence-corrected chi connectivity index (χ2v) is 5.26. The molecule has 17 heavy (non-hydrogen) atoms. The molecule has 96 valence electrons. The largest absolute Gasteiger partial charge is 0.443 e. The molecule has 1 rings (SSSR count). The van der Waals surface area contributed by atoms with Gasteiger partial charge < -0.3 is 4.74 Å². The van der Waals surface area contributed by atoms with Crippen LogP contribution in [0, 0.1) is 0 Å². The lowest BCUT2D eigenvalue weighted by Crippen LogP contribution is -2.36. The molecule has 1 aliphatic heterocycles. The zero-order valence-electron chi connectivity index (χ0n) is 11.3. The smallest absolute Gasteiger partial charge is 0.414 e. The highest BCUT2D eigenvalue weighted by Crippen LogP contribution is 2.19. The maximum absolute atomic E-state index is 12.1. The van der Waals surface area contributed by atoms with Crippen molar-refractivity contribution in [2.75, 3.05) is 6.54 Å². The van der Waals surface area contributed by atoms with Crippen molar-refractivity contribution in [1.29, 1.82) is 0 Å². The highest BCUT2D eigenvalue weighted by Gasteiger charge is 2.24. The summed E-state index contributed by atoms with van der Waals surface area (Å²) >= 11 is 0. The Labute approximate surface area is 104 Å². The molecule has 0 saturated carbocycles. The van der Waals surface area contributed by atoms with E-state index in [9.17, 15) is 4.79 Å². The lowest BCUT2D eigenvalue weighted by Gasteiger charge is -2.27. The summed E-state index contributed by atoms with van der Waals surface area (Å²) in [4.78, 5) is 13.8. The van der Waals surface area contributed by atoms with Gasteiger partial charge in [0.1, 0.15) is 5.60 Å². The Balaban J connectivity index is 2.80. The van der Waals surface area contributed by atoms with Crippen molar-refractivity contribution in [3.05, 3.63) is 23.9 Å². The molecule has 0 aliphatic carbocycles. The first-order chi connectivity index (χ1) is 7.94. The van der Waals surface area contributed by atoms with E-state index < -0.39 is 5.60 Å². The predicted molar refractivity (Wildman–Crippen MR) is 69.7 cm³/mol. The van der Waals surface area contributed by atoms with Gasteiger partial charge in [0.05, 0.1) is 0 Å². The van der Waals surface area contributed by atoms with Crippen LogP contribution in [0.5, 0.6) is 0 Å². The normalized spacial score (nSPS) is 17.9. The van der Waals surface area contributed by atoms with Crippen molar-refractivity contribution < 1.29 is 9.53 Å². The van der Waals surface area contributed by atoms with Crippen LogP contribution in [0.3, 0.4) is 0 Å². The number of carbonyl (C=O) groups is 1. The molecule has 0 aromatic carbocycles. The van der Waals surface area contributed by atoms with E-state index in [1.165, 1.54) is 0 Å². The molecule has 0 N–H and O–H groups in total. The monoisotopic (exact) mass is 237 g/mol. The molecule has 0 aromatic rings. The van der Waals surface area contributed by atoms with Crippen molar-refractivity contribution in [3.8, 4) is 0 Å². The Kier molecular flexibility index (Phi) is 4.79. The van der Waals surface area contributed by atoms with E-state index in [0.29, 0.717) is 0 Å². The molecular weight excluding hydrogens is 214 g/mol. The van der Waals surface area contributed by atoms with Gasteiger partial charge in [0.25, 0.3) is 0 Å². The van der Waals surface area contributed by atoms with Gasteiger partial charge >= 0.3 is 6.09 Å². The quantitative estimate of drug-likeness (QED) is 0.693. The van der Waals surface area contributed by atoms with Gasteiger partial charge in [-0.1, -0.05) is 12.2 Å². The fourth-order valence-electron chi connectivity index (χ4n) is 1.75. The molecule has 3 nitrogen and oxygen atoms in total. The first-order valence-electron chi connectivity index (χ1n) is 6.27. The van der Waals surface area contributed by atoms with Crippen LogP contribution in [0.25, 0.3) is 0 Å². The van der Waals surface area contributed by atoms with Gasteiger partial charge in [-0.3, -0.25) is 4.90 Å². The van der Waals surface area contributed by atoms with Crippen LogP contribution in [0.4, 0.5) is 4.79 Å². The van der Waals surface area contributed by atoms with Crippen LogP contribution in [0.2, 0.25) is 0 Å². The second-order valence-electron chi connectivity index (χ2n) is 5.26. The van der Waals surface area contributed by atoms with Gasteiger partial charge in [-0.25, -0.2) is 4.79 Å². The van der Waals surface area contributed by atoms with Gasteiger partial charge in [-0.2, -0.15) is 0 Å². The summed E-state index contributed by atoms with van der Waals surface area (Å²) in [6.07, 6.45) is 8.96. The zero-order chi connectivity index (χ0) is 12.9. The van der Waals surface area contributed by atoms with E-state index in [4.69, 9.17) is 4.74 Å². The number of rotatable bonds is 1. The van der Waals surface area contributed by atoms with Crippen molar-refractivity contribution in [2.45, 2.75) is 52.6 Å². The van der Waals surface area contributed by atoms with Crippen molar-refractivity contribution in [1.82, 2.24) is 4.90 Å². The molecule has 1 amide bonds. The third kappa shape index (κ3) is 4.63. The fraction of sp³-hybridized carbons (Fsp3) is 0.643. The van der Waals surface area contributed by atoms with Crippen molar-refractivity contribution in [2.24, 2.45) is 0 Å². The number of amides is 1. The molecule has 0 bridgehead atoms. The van der Waals surface area contributed by atoms with Crippen LogP contribution in [0.15, 0.2) is 23.9 Å². The molecule has 0 spiro atoms. The number of nitrogens with zero attached hydrogens (tertiary/aromatic N) is 1. The molecule has 1 heterocycles. The summed E-state index contributed by atoms with van der Waals surface area (Å²) in [5, 5.41) is 0. The van der Waals surface area contributed by atoms with Crippen LogP contribution in [0.1, 0.15) is 47.0 Å². The molecular formula is C14H23NO2. The number of allylic oxidation sites excluding steroid dienone is 3. The second kappa shape index (κ2) is 5.89. The SMILES string of the molecule is C/C=C/C1=CCCCCN1C(=O)OC(C)(C)C. The Morgan fingerprint density at radius 3 is 2.71 bits per heavy atom. The minimum atomic E-state index is -0.440. The number of hydrogen-bond acceptors (Lipinski definition) is 2. The summed E-state index contributed by atoms with van der Waals surface area (Å²) in [5.41, 5.74) is 0.518. The molecule has 0 aromatic heterocycles. The zero-order valence-corrected chi connectivity index (χ0v) is 11.3. The molecule has 0 saturated heterocycles. The molecule has 0 radical (unpaired) electrons. The molecule has 0 unspecified atom stereocenters. The Hall–Kier alpha value is -1.25. The maximum atomic E-state index is 12.1. The van der Waals surface area contributed by atoms with E-state index in [0.717, 1.165) is 31.5 Å². The molecule has 1 aliphatic rings. The minimum Gasteiger partial charge on any atom is -0.443 e. The minimum absolute atomic E-state index is 0.247. The van der Waals surface area contributed by atoms with Gasteiger partial charge in [0.2, 0.25) is 0 Å². The third-order valence-electron chi connectivity index (χ3n) is 2.45. The summed E-state index contributed by atoms with van der Waals surface area (Å²) < 4.78 is 5.42. The van der Waals surface area contributed by atoms with Gasteiger partial charge in [0, 0.05) is 12.2 Å². The van der Waals surface area contributed by atoms with E-state index in [2.05, 4.69) is 6.08 Å². The Morgan fingerprint density at radius 1 is 1.41 bits per heavy atom. The average Bonchev–Trinajstić information content (AvgIpc) is 2.41. The van der Waals surface area contributed by atoms with Crippen molar-refractivity contribution in [3.63, 3.8) is 0 Å². The van der Waals surface area contributed by atoms with Crippen molar-refractivity contribution >= 4 is 6.09 Å². The summed E-state index contributed by atoms with van der Waals surface area (Å²) in [6, 6.07) is 0. The predicted octanol–water partition coefficient (Wildman–Crippen LogP) is 3.87. The molecule has 0 atom stereocenters. The van der Waals surface area contributed by atoms with Gasteiger partial charge in [-0.15, -0.1) is 0 Å². The van der Waals surface area contributed by atoms with Crippen LogP contribution in [-0.2, 0) is 4.74 Å². The fourth-order valence-corrected chi connectivity index (χ4v) is 1.75. The molecule has 0 fully saturated rings. The molecule has 3 heteroatoms. The average molecular weight is 237 g/mol. The Bertz CT molecular complexity index is 324. The Morgan fingerprint density at radius 2 is 2.12 bits per heavy atom. The van der Waals surface area contributed by atoms with E-state index >= 15 is 0 Å². The van der Waals surface area contributed by atoms with Crippen LogP contribution in [-0.4, -0.2) is 23.1 Å². The lowest BCUT2D eigenvalue weighted by molar-refractivity contribution is 0.0321. The van der Waals surface area contributed by atoms with E-state index in [-0.39, 0.29) is 6.09 Å². The number of ether oxygens (including phenoxy) is 1. The summed E-state index contributed by atoms with van der Waals surface area (Å²) in [5.74, 6) is 0. The van der Waals surface area contributed by atoms with E-state index in [1.807, 2.05) is 39.8 Å². The van der Waals surface area contributed by atoms with Crippen LogP contribution < -0.4 is 0 Å². The first kappa shape index (κ1) is 13.8. The standard InChI is InChI=1S/C14H23NO2/c1-5-9-12-10-7-6-8-11-15(12)13(16)17-14(2,3)4/h5,9-10H,6-8,11H2,1-4H3/b9-5+. The summed E-state index contributed by atoms with van der Waals surface area (Å²) in [6.45, 7) is 8.37. The number of carbonyl (C=O) groups excluding carboxylic acids is 1. The van der Waals surface area contributed by atoms with Gasteiger partial charge in [-0.05, 0) is 53.0 Å². The maximum Gasteiger partial charge on any atom is 0.414 e. The summed E-state index contributed by atoms with van der Waals surface area (Å²) in [7, 11) is 0. The van der Waals surface area contributed by atoms with Crippen LogP contribution >= 0.6 is 0 Å². The van der Waals surface area contributed by atoms with E-state index in [1.54, 1.807) is 4.90 Å².